The number of ether oxygens (including phenoxy) is 1. The van der Waals surface area contributed by atoms with E-state index in [1.807, 2.05) is 0 Å². The molecule has 0 bridgehead atoms. The predicted molar refractivity (Wildman–Crippen MR) is 81.6 cm³/mol. The Bertz CT molecular complexity index is 707. The summed E-state index contributed by atoms with van der Waals surface area (Å²) in [7, 11) is 1.52. The van der Waals surface area contributed by atoms with Gasteiger partial charge in [-0.1, -0.05) is 29.8 Å². The van der Waals surface area contributed by atoms with Crippen LogP contribution in [0.1, 0.15) is 11.1 Å². The monoisotopic (exact) mass is 304 g/mol. The van der Waals surface area contributed by atoms with Crippen molar-refractivity contribution in [2.24, 2.45) is 0 Å². The highest BCUT2D eigenvalue weighted by Crippen LogP contribution is 2.27. The third-order valence-electron chi connectivity index (χ3n) is 2.89. The molecule has 0 fully saturated rings. The molecule has 0 unspecified atom stereocenters. The molecule has 108 valence electrons. The number of carboxylic acid groups (broad SMARTS) is 1. The molecule has 0 aliphatic rings. The van der Waals surface area contributed by atoms with Crippen molar-refractivity contribution in [3.63, 3.8) is 0 Å². The topological polar surface area (TPSA) is 66.8 Å². The lowest BCUT2D eigenvalue weighted by Gasteiger charge is -2.06. The Kier molecular flexibility index (Phi) is 4.50. The summed E-state index contributed by atoms with van der Waals surface area (Å²) in [6, 6.07) is 11.3. The zero-order valence-corrected chi connectivity index (χ0v) is 12.0. The Morgan fingerprint density at radius 1 is 1.24 bits per heavy atom. The molecule has 0 aliphatic carbocycles. The minimum atomic E-state index is -1.06. The standard InChI is InChI=1S/C16H13ClO4/c1-21-12-4-2-3-11(9-12)13(16(19)20)7-10-5-6-15(18)14(17)8-10/h2-9,18H,1H3,(H,19,20)/b13-7-. The van der Waals surface area contributed by atoms with E-state index in [1.54, 1.807) is 30.3 Å². The van der Waals surface area contributed by atoms with Gasteiger partial charge in [-0.25, -0.2) is 4.79 Å². The minimum absolute atomic E-state index is 0.0490. The highest BCUT2D eigenvalue weighted by atomic mass is 35.5. The first-order valence-electron chi connectivity index (χ1n) is 6.09. The van der Waals surface area contributed by atoms with E-state index < -0.39 is 5.97 Å². The number of hydrogen-bond acceptors (Lipinski definition) is 3. The molecule has 0 amide bonds. The average Bonchev–Trinajstić information content (AvgIpc) is 2.48. The molecule has 0 spiro atoms. The van der Waals surface area contributed by atoms with Crippen LogP contribution in [0, 0.1) is 0 Å². The second kappa shape index (κ2) is 6.33. The molecular weight excluding hydrogens is 292 g/mol. The number of phenols is 1. The van der Waals surface area contributed by atoms with E-state index in [0.717, 1.165) is 0 Å². The van der Waals surface area contributed by atoms with Gasteiger partial charge in [0.05, 0.1) is 17.7 Å². The van der Waals surface area contributed by atoms with E-state index in [-0.39, 0.29) is 16.3 Å². The molecule has 2 rings (SSSR count). The first kappa shape index (κ1) is 14.9. The fourth-order valence-corrected chi connectivity index (χ4v) is 2.03. The van der Waals surface area contributed by atoms with Gasteiger partial charge in [0.15, 0.2) is 0 Å². The zero-order valence-electron chi connectivity index (χ0n) is 11.2. The maximum atomic E-state index is 11.5. The minimum Gasteiger partial charge on any atom is -0.506 e. The van der Waals surface area contributed by atoms with Crippen LogP contribution in [0.15, 0.2) is 42.5 Å². The van der Waals surface area contributed by atoms with Crippen molar-refractivity contribution >= 4 is 29.2 Å². The van der Waals surface area contributed by atoms with Crippen LogP contribution in [-0.2, 0) is 4.79 Å². The number of hydrogen-bond donors (Lipinski definition) is 2. The zero-order chi connectivity index (χ0) is 15.4. The Labute approximate surface area is 126 Å². The molecule has 0 aromatic heterocycles. The van der Waals surface area contributed by atoms with Crippen molar-refractivity contribution in [3.8, 4) is 11.5 Å². The molecule has 2 aromatic rings. The molecule has 0 aliphatic heterocycles. The molecule has 0 heterocycles. The number of carbonyl (C=O) groups is 1. The van der Waals surface area contributed by atoms with Crippen LogP contribution in [0.4, 0.5) is 0 Å². The van der Waals surface area contributed by atoms with Crippen LogP contribution in [0.25, 0.3) is 11.6 Å². The summed E-state index contributed by atoms with van der Waals surface area (Å²) >= 11 is 5.82. The lowest BCUT2D eigenvalue weighted by atomic mass is 10.0. The summed E-state index contributed by atoms with van der Waals surface area (Å²) < 4.78 is 5.10. The largest absolute Gasteiger partial charge is 0.506 e. The maximum absolute atomic E-state index is 11.5. The predicted octanol–water partition coefficient (Wildman–Crippen LogP) is 3.68. The number of rotatable bonds is 4. The molecular formula is C16H13ClO4. The fraction of sp³-hybridized carbons (Fsp3) is 0.0625. The molecule has 2 N–H and O–H groups in total. The van der Waals surface area contributed by atoms with Crippen LogP contribution in [-0.4, -0.2) is 23.3 Å². The van der Waals surface area contributed by atoms with Crippen molar-refractivity contribution in [2.75, 3.05) is 7.11 Å². The lowest BCUT2D eigenvalue weighted by Crippen LogP contribution is -2.00. The number of benzene rings is 2. The van der Waals surface area contributed by atoms with Gasteiger partial charge >= 0.3 is 5.97 Å². The quantitative estimate of drug-likeness (QED) is 0.668. The van der Waals surface area contributed by atoms with Crippen LogP contribution < -0.4 is 4.74 Å². The fourth-order valence-electron chi connectivity index (χ4n) is 1.84. The van der Waals surface area contributed by atoms with Crippen molar-refractivity contribution in [2.45, 2.75) is 0 Å². The van der Waals surface area contributed by atoms with Gasteiger partial charge in [0.25, 0.3) is 0 Å². The van der Waals surface area contributed by atoms with Crippen molar-refractivity contribution in [3.05, 3.63) is 58.6 Å². The molecule has 4 nitrogen and oxygen atoms in total. The van der Waals surface area contributed by atoms with E-state index in [9.17, 15) is 15.0 Å². The summed E-state index contributed by atoms with van der Waals surface area (Å²) in [6.45, 7) is 0. The van der Waals surface area contributed by atoms with E-state index >= 15 is 0 Å². The summed E-state index contributed by atoms with van der Waals surface area (Å²) in [5.74, 6) is -0.539. The molecule has 2 aromatic carbocycles. The van der Waals surface area contributed by atoms with Gasteiger partial charge in [-0.2, -0.15) is 0 Å². The first-order chi connectivity index (χ1) is 10.0. The van der Waals surface area contributed by atoms with E-state index in [2.05, 4.69) is 0 Å². The van der Waals surface area contributed by atoms with Crippen LogP contribution in [0.5, 0.6) is 11.5 Å². The molecule has 5 heteroatoms. The third kappa shape index (κ3) is 3.55. The maximum Gasteiger partial charge on any atom is 0.336 e. The van der Waals surface area contributed by atoms with Crippen LogP contribution in [0.3, 0.4) is 0 Å². The van der Waals surface area contributed by atoms with E-state index in [4.69, 9.17) is 16.3 Å². The Morgan fingerprint density at radius 2 is 2.00 bits per heavy atom. The second-order valence-electron chi connectivity index (χ2n) is 4.31. The third-order valence-corrected chi connectivity index (χ3v) is 3.20. The summed E-state index contributed by atoms with van der Waals surface area (Å²) in [4.78, 5) is 11.5. The Morgan fingerprint density at radius 3 is 2.62 bits per heavy atom. The van der Waals surface area contributed by atoms with Crippen molar-refractivity contribution < 1.29 is 19.7 Å². The second-order valence-corrected chi connectivity index (χ2v) is 4.71. The van der Waals surface area contributed by atoms with Crippen molar-refractivity contribution in [1.82, 2.24) is 0 Å². The number of aliphatic carboxylic acids is 1. The van der Waals surface area contributed by atoms with Gasteiger partial charge in [0, 0.05) is 0 Å². The average molecular weight is 305 g/mol. The Hall–Kier alpha value is -2.46. The molecule has 0 radical (unpaired) electrons. The van der Waals surface area contributed by atoms with E-state index in [1.165, 1.54) is 25.3 Å². The van der Waals surface area contributed by atoms with Gasteiger partial charge in [-0.3, -0.25) is 0 Å². The number of phenolic OH excluding ortho intramolecular Hbond substituents is 1. The highest BCUT2D eigenvalue weighted by Gasteiger charge is 2.12. The van der Waals surface area contributed by atoms with Crippen LogP contribution in [0.2, 0.25) is 5.02 Å². The van der Waals surface area contributed by atoms with Gasteiger partial charge in [-0.15, -0.1) is 0 Å². The molecule has 21 heavy (non-hydrogen) atoms. The van der Waals surface area contributed by atoms with Crippen LogP contribution >= 0.6 is 11.6 Å². The number of halogens is 1. The smallest absolute Gasteiger partial charge is 0.336 e. The first-order valence-corrected chi connectivity index (χ1v) is 6.47. The van der Waals surface area contributed by atoms with Gasteiger partial charge in [-0.05, 0) is 41.5 Å². The highest BCUT2D eigenvalue weighted by molar-refractivity contribution is 6.32. The molecule has 0 saturated carbocycles. The summed E-state index contributed by atoms with van der Waals surface area (Å²) in [5, 5.41) is 18.9. The van der Waals surface area contributed by atoms with E-state index in [0.29, 0.717) is 16.9 Å². The van der Waals surface area contributed by atoms with Gasteiger partial charge in [0.1, 0.15) is 11.5 Å². The molecule has 0 saturated heterocycles. The number of aromatic hydroxyl groups is 1. The normalized spacial score (nSPS) is 11.2. The van der Waals surface area contributed by atoms with Gasteiger partial charge < -0.3 is 14.9 Å². The van der Waals surface area contributed by atoms with Crippen molar-refractivity contribution in [1.29, 1.82) is 0 Å². The lowest BCUT2D eigenvalue weighted by molar-refractivity contribution is -0.130. The Balaban J connectivity index is 2.49. The summed E-state index contributed by atoms with van der Waals surface area (Å²) in [5.41, 5.74) is 1.21. The SMILES string of the molecule is COc1cccc(/C(=C/c2ccc(O)c(Cl)c2)C(=O)O)c1. The molecule has 0 atom stereocenters. The van der Waals surface area contributed by atoms with Gasteiger partial charge in [0.2, 0.25) is 0 Å². The number of methoxy groups -OCH3 is 1. The number of carboxylic acids is 1. The summed E-state index contributed by atoms with van der Waals surface area (Å²) in [6.07, 6.45) is 1.49.